The first-order chi connectivity index (χ1) is 10.3. The highest BCUT2D eigenvalue weighted by atomic mass is 16.5. The van der Waals surface area contributed by atoms with E-state index in [1.54, 1.807) is 7.11 Å². The van der Waals surface area contributed by atoms with Crippen LogP contribution in [0, 0.1) is 0 Å². The maximum absolute atomic E-state index is 5.89. The van der Waals surface area contributed by atoms with Gasteiger partial charge in [-0.15, -0.1) is 0 Å². The molecule has 1 aliphatic rings. The molecule has 0 amide bonds. The van der Waals surface area contributed by atoms with E-state index in [4.69, 9.17) is 9.47 Å². The van der Waals surface area contributed by atoms with Crippen molar-refractivity contribution in [3.8, 4) is 0 Å². The number of hydrogen-bond acceptors (Lipinski definition) is 6. The van der Waals surface area contributed by atoms with E-state index in [1.807, 2.05) is 13.1 Å². The second kappa shape index (κ2) is 8.79. The molecule has 1 aromatic rings. The van der Waals surface area contributed by atoms with Gasteiger partial charge in [0.1, 0.15) is 18.2 Å². The highest BCUT2D eigenvalue weighted by Crippen LogP contribution is 2.20. The summed E-state index contributed by atoms with van der Waals surface area (Å²) >= 11 is 0. The van der Waals surface area contributed by atoms with Crippen molar-refractivity contribution in [3.05, 3.63) is 11.9 Å². The van der Waals surface area contributed by atoms with E-state index in [0.29, 0.717) is 25.1 Å². The summed E-state index contributed by atoms with van der Waals surface area (Å²) in [7, 11) is 3.48. The van der Waals surface area contributed by atoms with Gasteiger partial charge in [-0.3, -0.25) is 0 Å². The molecule has 118 valence electrons. The minimum absolute atomic E-state index is 0.406. The second-order valence-electron chi connectivity index (χ2n) is 5.30. The van der Waals surface area contributed by atoms with Gasteiger partial charge in [0, 0.05) is 26.8 Å². The van der Waals surface area contributed by atoms with E-state index in [9.17, 15) is 0 Å². The molecule has 0 bridgehead atoms. The first-order valence-corrected chi connectivity index (χ1v) is 7.72. The highest BCUT2D eigenvalue weighted by molar-refractivity contribution is 5.47. The molecule has 2 rings (SSSR count). The van der Waals surface area contributed by atoms with Gasteiger partial charge >= 0.3 is 0 Å². The molecule has 0 radical (unpaired) electrons. The maximum Gasteiger partial charge on any atom is 0.158 e. The number of aromatic nitrogens is 2. The van der Waals surface area contributed by atoms with Crippen LogP contribution in [0.15, 0.2) is 6.07 Å². The largest absolute Gasteiger partial charge is 0.377 e. The zero-order valence-corrected chi connectivity index (χ0v) is 13.0. The molecule has 0 aliphatic heterocycles. The average Bonchev–Trinajstić information content (AvgIpc) is 2.53. The van der Waals surface area contributed by atoms with Crippen LogP contribution in [0.2, 0.25) is 0 Å². The lowest BCUT2D eigenvalue weighted by molar-refractivity contribution is 0.0347. The van der Waals surface area contributed by atoms with Crippen LogP contribution < -0.4 is 10.6 Å². The van der Waals surface area contributed by atoms with E-state index in [-0.39, 0.29) is 0 Å². The number of nitrogens with zero attached hydrogens (tertiary/aromatic N) is 2. The Morgan fingerprint density at radius 1 is 1.19 bits per heavy atom. The lowest BCUT2D eigenvalue weighted by Gasteiger charge is -2.22. The molecule has 6 nitrogen and oxygen atoms in total. The first-order valence-electron chi connectivity index (χ1n) is 7.72. The number of methoxy groups -OCH3 is 1. The fourth-order valence-electron chi connectivity index (χ4n) is 2.55. The van der Waals surface area contributed by atoms with Gasteiger partial charge in [-0.25, -0.2) is 9.97 Å². The van der Waals surface area contributed by atoms with E-state index in [1.165, 1.54) is 32.1 Å². The molecule has 21 heavy (non-hydrogen) atoms. The summed E-state index contributed by atoms with van der Waals surface area (Å²) in [5.74, 6) is 2.25. The van der Waals surface area contributed by atoms with Gasteiger partial charge in [-0.2, -0.15) is 0 Å². The summed E-state index contributed by atoms with van der Waals surface area (Å²) < 4.78 is 11.0. The molecule has 0 aromatic carbocycles. The fourth-order valence-corrected chi connectivity index (χ4v) is 2.55. The van der Waals surface area contributed by atoms with Crippen molar-refractivity contribution in [2.75, 3.05) is 37.9 Å². The first kappa shape index (κ1) is 16.0. The topological polar surface area (TPSA) is 68.3 Å². The Morgan fingerprint density at radius 3 is 2.67 bits per heavy atom. The van der Waals surface area contributed by atoms with Crippen LogP contribution in [0.3, 0.4) is 0 Å². The van der Waals surface area contributed by atoms with Crippen LogP contribution in [-0.4, -0.2) is 43.4 Å². The number of hydrogen-bond donors (Lipinski definition) is 2. The summed E-state index contributed by atoms with van der Waals surface area (Å²) in [4.78, 5) is 8.74. The molecular weight excluding hydrogens is 268 g/mol. The van der Waals surface area contributed by atoms with Crippen LogP contribution in [-0.2, 0) is 16.1 Å². The Kier molecular flexibility index (Phi) is 6.69. The van der Waals surface area contributed by atoms with Crippen molar-refractivity contribution in [3.63, 3.8) is 0 Å². The normalized spacial score (nSPS) is 15.9. The van der Waals surface area contributed by atoms with Gasteiger partial charge in [0.15, 0.2) is 5.82 Å². The third-order valence-corrected chi connectivity index (χ3v) is 3.62. The molecule has 0 unspecified atom stereocenters. The van der Waals surface area contributed by atoms with Gasteiger partial charge in [0.25, 0.3) is 0 Å². The lowest BCUT2D eigenvalue weighted by Crippen LogP contribution is -2.21. The fraction of sp³-hybridized carbons (Fsp3) is 0.733. The number of ether oxygens (including phenoxy) is 2. The average molecular weight is 294 g/mol. The Labute approximate surface area is 126 Å². The van der Waals surface area contributed by atoms with Gasteiger partial charge in [0.05, 0.1) is 12.7 Å². The third-order valence-electron chi connectivity index (χ3n) is 3.62. The van der Waals surface area contributed by atoms with Crippen LogP contribution in [0.5, 0.6) is 0 Å². The van der Waals surface area contributed by atoms with Crippen LogP contribution in [0.25, 0.3) is 0 Å². The summed E-state index contributed by atoms with van der Waals surface area (Å²) in [6.45, 7) is 1.87. The van der Waals surface area contributed by atoms with Crippen molar-refractivity contribution in [2.45, 2.75) is 44.8 Å². The Balaban J connectivity index is 1.77. The molecule has 1 aliphatic carbocycles. The summed E-state index contributed by atoms with van der Waals surface area (Å²) in [5, 5.41) is 6.32. The molecule has 1 fully saturated rings. The predicted molar refractivity (Wildman–Crippen MR) is 83.6 cm³/mol. The maximum atomic E-state index is 5.89. The van der Waals surface area contributed by atoms with Crippen LogP contribution in [0.4, 0.5) is 11.6 Å². The molecule has 1 aromatic heterocycles. The molecule has 0 atom stereocenters. The zero-order chi connectivity index (χ0) is 14.9. The number of rotatable bonds is 8. The van der Waals surface area contributed by atoms with Crippen molar-refractivity contribution >= 4 is 11.6 Å². The molecule has 0 saturated heterocycles. The molecule has 2 N–H and O–H groups in total. The zero-order valence-electron chi connectivity index (χ0n) is 13.0. The van der Waals surface area contributed by atoms with Gasteiger partial charge in [0.2, 0.25) is 0 Å². The Bertz CT molecular complexity index is 422. The molecule has 6 heteroatoms. The van der Waals surface area contributed by atoms with Crippen molar-refractivity contribution in [2.24, 2.45) is 0 Å². The van der Waals surface area contributed by atoms with Crippen LogP contribution in [0.1, 0.15) is 37.9 Å². The molecule has 1 heterocycles. The predicted octanol–water partition coefficient (Wildman–Crippen LogP) is 2.43. The standard InChI is InChI=1S/C15H26N4O2/c1-16-13-10-14(19-15(18-13)11-20-2)17-8-9-21-12-6-4-3-5-7-12/h10,12H,3-9,11H2,1-2H3,(H2,16,17,18,19). The smallest absolute Gasteiger partial charge is 0.158 e. The monoisotopic (exact) mass is 294 g/mol. The molecule has 0 spiro atoms. The van der Waals surface area contributed by atoms with E-state index in [0.717, 1.165) is 18.2 Å². The molecular formula is C15H26N4O2. The molecule has 1 saturated carbocycles. The summed E-state index contributed by atoms with van der Waals surface area (Å²) in [6, 6.07) is 1.89. The number of anilines is 2. The summed E-state index contributed by atoms with van der Waals surface area (Å²) in [6.07, 6.45) is 6.81. The van der Waals surface area contributed by atoms with Crippen molar-refractivity contribution in [1.82, 2.24) is 9.97 Å². The Hall–Kier alpha value is -1.40. The van der Waals surface area contributed by atoms with Crippen molar-refractivity contribution < 1.29 is 9.47 Å². The minimum atomic E-state index is 0.406. The van der Waals surface area contributed by atoms with Gasteiger partial charge in [-0.05, 0) is 12.8 Å². The number of nitrogens with one attached hydrogen (secondary N) is 2. The van der Waals surface area contributed by atoms with Crippen LogP contribution >= 0.6 is 0 Å². The SMILES string of the molecule is CNc1cc(NCCOC2CCCCC2)nc(COC)n1. The second-order valence-corrected chi connectivity index (χ2v) is 5.30. The Morgan fingerprint density at radius 2 is 1.95 bits per heavy atom. The van der Waals surface area contributed by atoms with Gasteiger partial charge < -0.3 is 20.1 Å². The quantitative estimate of drug-likeness (QED) is 0.718. The van der Waals surface area contributed by atoms with Gasteiger partial charge in [-0.1, -0.05) is 19.3 Å². The van der Waals surface area contributed by atoms with E-state index < -0.39 is 0 Å². The summed E-state index contributed by atoms with van der Waals surface area (Å²) in [5.41, 5.74) is 0. The third kappa shape index (κ3) is 5.47. The van der Waals surface area contributed by atoms with E-state index >= 15 is 0 Å². The minimum Gasteiger partial charge on any atom is -0.377 e. The highest BCUT2D eigenvalue weighted by Gasteiger charge is 2.13. The van der Waals surface area contributed by atoms with E-state index in [2.05, 4.69) is 20.6 Å². The van der Waals surface area contributed by atoms with Crippen molar-refractivity contribution in [1.29, 1.82) is 0 Å². The lowest BCUT2D eigenvalue weighted by atomic mass is 9.98.